The highest BCUT2D eigenvalue weighted by Gasteiger charge is 2.34. The lowest BCUT2D eigenvalue weighted by atomic mass is 9.94. The number of urea groups is 1. The first-order chi connectivity index (χ1) is 12.0. The molecular weight excluding hydrogens is 328 g/mol. The topological polar surface area (TPSA) is 114 Å². The molecule has 3 amide bonds. The predicted molar refractivity (Wildman–Crippen MR) is 87.6 cm³/mol. The molecule has 2 aliphatic heterocycles. The van der Waals surface area contributed by atoms with E-state index in [4.69, 9.17) is 4.74 Å². The van der Waals surface area contributed by atoms with Gasteiger partial charge in [0.05, 0.1) is 29.8 Å². The van der Waals surface area contributed by atoms with Crippen LogP contribution in [0.3, 0.4) is 0 Å². The van der Waals surface area contributed by atoms with Crippen LogP contribution in [0.5, 0.6) is 0 Å². The van der Waals surface area contributed by atoms with Crippen LogP contribution in [0, 0.1) is 10.1 Å². The smallest absolute Gasteiger partial charge is 0.319 e. The van der Waals surface area contributed by atoms with Gasteiger partial charge in [0.1, 0.15) is 0 Å². The van der Waals surface area contributed by atoms with Crippen LogP contribution < -0.4 is 10.6 Å². The minimum atomic E-state index is -0.746. The Labute approximate surface area is 143 Å². The van der Waals surface area contributed by atoms with E-state index >= 15 is 0 Å². The highest BCUT2D eigenvalue weighted by molar-refractivity contribution is 5.98. The molecule has 2 aliphatic rings. The van der Waals surface area contributed by atoms with Gasteiger partial charge < -0.3 is 20.3 Å². The van der Waals surface area contributed by atoms with E-state index in [0.29, 0.717) is 43.1 Å². The number of amides is 3. The minimum Gasteiger partial charge on any atom is -0.378 e. The molecule has 1 atom stereocenters. The molecule has 1 aromatic carbocycles. The fourth-order valence-corrected chi connectivity index (χ4v) is 2.98. The number of ether oxygens (including phenoxy) is 1. The third kappa shape index (κ3) is 3.45. The van der Waals surface area contributed by atoms with E-state index in [0.717, 1.165) is 0 Å². The predicted octanol–water partition coefficient (Wildman–Crippen LogP) is 1.08. The summed E-state index contributed by atoms with van der Waals surface area (Å²) < 4.78 is 5.26. The largest absolute Gasteiger partial charge is 0.378 e. The molecule has 0 radical (unpaired) electrons. The summed E-state index contributed by atoms with van der Waals surface area (Å²) in [5.41, 5.74) is 1.21. The van der Waals surface area contributed by atoms with E-state index in [-0.39, 0.29) is 11.6 Å². The van der Waals surface area contributed by atoms with Crippen molar-refractivity contribution >= 4 is 17.6 Å². The van der Waals surface area contributed by atoms with Gasteiger partial charge >= 0.3 is 6.03 Å². The lowest BCUT2D eigenvalue weighted by Gasteiger charge is -2.33. The molecule has 0 aromatic heterocycles. The average molecular weight is 346 g/mol. The molecule has 9 heteroatoms. The third-order valence-electron chi connectivity index (χ3n) is 4.21. The van der Waals surface area contributed by atoms with Crippen molar-refractivity contribution in [3.05, 3.63) is 51.2 Å². The maximum absolute atomic E-state index is 13.0. The van der Waals surface area contributed by atoms with Crippen molar-refractivity contribution in [2.75, 3.05) is 26.3 Å². The molecule has 0 unspecified atom stereocenters. The zero-order valence-electron chi connectivity index (χ0n) is 13.7. The molecule has 0 aliphatic carbocycles. The molecule has 1 fully saturated rings. The van der Waals surface area contributed by atoms with E-state index in [9.17, 15) is 19.7 Å². The fourth-order valence-electron chi connectivity index (χ4n) is 2.98. The van der Waals surface area contributed by atoms with Gasteiger partial charge in [0.25, 0.3) is 11.6 Å². The van der Waals surface area contributed by atoms with Crippen molar-refractivity contribution in [2.45, 2.75) is 13.0 Å². The molecule has 0 bridgehead atoms. The molecule has 25 heavy (non-hydrogen) atoms. The number of nitrogens with one attached hydrogen (secondary N) is 2. The maximum Gasteiger partial charge on any atom is 0.319 e. The van der Waals surface area contributed by atoms with E-state index in [1.165, 1.54) is 18.2 Å². The Balaban J connectivity index is 1.99. The Morgan fingerprint density at radius 2 is 2.08 bits per heavy atom. The van der Waals surface area contributed by atoms with E-state index in [1.807, 2.05) is 0 Å². The van der Waals surface area contributed by atoms with Crippen LogP contribution in [0.25, 0.3) is 0 Å². The molecule has 1 saturated heterocycles. The van der Waals surface area contributed by atoms with Gasteiger partial charge in [0.15, 0.2) is 0 Å². The first kappa shape index (κ1) is 16.9. The Kier molecular flexibility index (Phi) is 4.66. The minimum absolute atomic E-state index is 0.0962. The van der Waals surface area contributed by atoms with Crippen LogP contribution in [0.4, 0.5) is 10.5 Å². The normalized spacial score (nSPS) is 20.8. The van der Waals surface area contributed by atoms with Crippen LogP contribution >= 0.6 is 0 Å². The summed E-state index contributed by atoms with van der Waals surface area (Å²) in [6, 6.07) is 4.73. The Morgan fingerprint density at radius 3 is 2.76 bits per heavy atom. The molecule has 2 N–H and O–H groups in total. The Morgan fingerprint density at radius 1 is 1.36 bits per heavy atom. The molecule has 9 nitrogen and oxygen atoms in total. The number of nitro benzene ring substituents is 1. The highest BCUT2D eigenvalue weighted by atomic mass is 16.6. The van der Waals surface area contributed by atoms with Crippen LogP contribution in [0.15, 0.2) is 35.5 Å². The summed E-state index contributed by atoms with van der Waals surface area (Å²) in [6.45, 7) is 3.49. The van der Waals surface area contributed by atoms with Crippen molar-refractivity contribution in [3.63, 3.8) is 0 Å². The van der Waals surface area contributed by atoms with Gasteiger partial charge in [0.2, 0.25) is 0 Å². The number of non-ortho nitro benzene ring substituents is 1. The molecule has 1 aromatic rings. The fraction of sp³-hybridized carbons (Fsp3) is 0.375. The van der Waals surface area contributed by atoms with Gasteiger partial charge in [-0.3, -0.25) is 14.9 Å². The molecule has 132 valence electrons. The summed E-state index contributed by atoms with van der Waals surface area (Å²) >= 11 is 0. The summed E-state index contributed by atoms with van der Waals surface area (Å²) in [5.74, 6) is -0.218. The van der Waals surface area contributed by atoms with Gasteiger partial charge in [-0.15, -0.1) is 0 Å². The summed E-state index contributed by atoms with van der Waals surface area (Å²) in [6.07, 6.45) is 0. The average Bonchev–Trinajstić information content (AvgIpc) is 2.61. The molecule has 3 rings (SSSR count). The molecule has 0 spiro atoms. The zero-order valence-corrected chi connectivity index (χ0v) is 13.7. The number of carbonyl (C=O) groups is 2. The maximum atomic E-state index is 13.0. The second kappa shape index (κ2) is 6.89. The lowest BCUT2D eigenvalue weighted by molar-refractivity contribution is -0.384. The summed E-state index contributed by atoms with van der Waals surface area (Å²) in [4.78, 5) is 37.0. The van der Waals surface area contributed by atoms with Crippen LogP contribution in [0.2, 0.25) is 0 Å². The van der Waals surface area contributed by atoms with Crippen molar-refractivity contribution in [3.8, 4) is 0 Å². The number of benzene rings is 1. The van der Waals surface area contributed by atoms with Gasteiger partial charge in [-0.2, -0.15) is 0 Å². The van der Waals surface area contributed by atoms with Crippen LogP contribution in [0.1, 0.15) is 18.5 Å². The Bertz CT molecular complexity index is 755. The lowest BCUT2D eigenvalue weighted by Crippen LogP contribution is -2.49. The number of hydrogen-bond acceptors (Lipinski definition) is 5. The van der Waals surface area contributed by atoms with Crippen molar-refractivity contribution in [2.24, 2.45) is 0 Å². The summed E-state index contributed by atoms with van der Waals surface area (Å²) in [7, 11) is 0. The standard InChI is InChI=1S/C16H18N4O5/c1-10-13(15(21)19-5-7-25-8-6-19)14(18-16(22)17-10)11-3-2-4-12(9-11)20(23)24/h2-4,9,14H,5-8H2,1H3,(H2,17,18,22)/t14-/m0/s1. The first-order valence-electron chi connectivity index (χ1n) is 7.87. The monoisotopic (exact) mass is 346 g/mol. The van der Waals surface area contributed by atoms with Crippen LogP contribution in [-0.4, -0.2) is 48.1 Å². The zero-order chi connectivity index (χ0) is 18.0. The number of nitro groups is 1. The van der Waals surface area contributed by atoms with Gasteiger partial charge in [-0.25, -0.2) is 4.79 Å². The second-order valence-corrected chi connectivity index (χ2v) is 5.83. The summed E-state index contributed by atoms with van der Waals surface area (Å²) in [5, 5.41) is 16.3. The van der Waals surface area contributed by atoms with E-state index < -0.39 is 17.0 Å². The number of nitrogens with zero attached hydrogens (tertiary/aromatic N) is 2. The van der Waals surface area contributed by atoms with Crippen molar-refractivity contribution < 1.29 is 19.2 Å². The van der Waals surface area contributed by atoms with Crippen molar-refractivity contribution in [1.29, 1.82) is 0 Å². The number of rotatable bonds is 3. The third-order valence-corrected chi connectivity index (χ3v) is 4.21. The van der Waals surface area contributed by atoms with Crippen LogP contribution in [-0.2, 0) is 9.53 Å². The molecule has 2 heterocycles. The number of allylic oxidation sites excluding steroid dienone is 1. The number of hydrogen-bond donors (Lipinski definition) is 2. The van der Waals surface area contributed by atoms with E-state index in [2.05, 4.69) is 10.6 Å². The SMILES string of the molecule is CC1=C(C(=O)N2CCOCC2)[C@H](c2cccc([N+](=O)[O-])c2)NC(=O)N1. The Hall–Kier alpha value is -2.94. The van der Waals surface area contributed by atoms with E-state index in [1.54, 1.807) is 17.9 Å². The van der Waals surface area contributed by atoms with Gasteiger partial charge in [-0.05, 0) is 12.5 Å². The quantitative estimate of drug-likeness (QED) is 0.628. The highest BCUT2D eigenvalue weighted by Crippen LogP contribution is 2.30. The molecular formula is C16H18N4O5. The van der Waals surface area contributed by atoms with Crippen molar-refractivity contribution in [1.82, 2.24) is 15.5 Å². The first-order valence-corrected chi connectivity index (χ1v) is 7.87. The number of morpholine rings is 1. The number of carbonyl (C=O) groups excluding carboxylic acids is 2. The molecule has 0 saturated carbocycles. The second-order valence-electron chi connectivity index (χ2n) is 5.83. The van der Waals surface area contributed by atoms with Gasteiger partial charge in [-0.1, -0.05) is 12.1 Å². The van der Waals surface area contributed by atoms with Gasteiger partial charge in [0, 0.05) is 30.9 Å².